The van der Waals surface area contributed by atoms with E-state index in [0.717, 1.165) is 18.1 Å². The number of piperidine rings is 1. The molecule has 0 aliphatic carbocycles. The standard InChI is InChI=1S/C12H18N2O2S/c1-3-9-6-4-5-7-14(9)12-13-10(8-17-12)11(15)16-2/h8-9H,3-7H2,1-2H3. The minimum atomic E-state index is -0.349. The van der Waals surface area contributed by atoms with Gasteiger partial charge in [-0.3, -0.25) is 0 Å². The van der Waals surface area contributed by atoms with Crippen molar-refractivity contribution in [3.63, 3.8) is 0 Å². The molecule has 1 aliphatic heterocycles. The number of methoxy groups -OCH3 is 1. The fourth-order valence-electron chi connectivity index (χ4n) is 2.27. The summed E-state index contributed by atoms with van der Waals surface area (Å²) in [6, 6.07) is 0.570. The van der Waals surface area contributed by atoms with Gasteiger partial charge in [0.25, 0.3) is 0 Å². The summed E-state index contributed by atoms with van der Waals surface area (Å²) in [5, 5.41) is 2.74. The Morgan fingerprint density at radius 3 is 3.18 bits per heavy atom. The van der Waals surface area contributed by atoms with E-state index in [0.29, 0.717) is 11.7 Å². The van der Waals surface area contributed by atoms with Gasteiger partial charge < -0.3 is 9.64 Å². The molecular weight excluding hydrogens is 236 g/mol. The van der Waals surface area contributed by atoms with Crippen LogP contribution in [0.25, 0.3) is 0 Å². The zero-order valence-electron chi connectivity index (χ0n) is 10.3. The quantitative estimate of drug-likeness (QED) is 0.778. The molecule has 17 heavy (non-hydrogen) atoms. The first-order valence-electron chi connectivity index (χ1n) is 6.06. The van der Waals surface area contributed by atoms with Crippen molar-refractivity contribution in [2.24, 2.45) is 0 Å². The van der Waals surface area contributed by atoms with Crippen molar-refractivity contribution in [2.75, 3.05) is 18.6 Å². The Balaban J connectivity index is 2.15. The third-order valence-corrected chi connectivity index (χ3v) is 4.11. The number of carbonyl (C=O) groups excluding carboxylic acids is 1. The Labute approximate surface area is 106 Å². The molecular formula is C12H18N2O2S. The molecule has 0 N–H and O–H groups in total. The molecule has 4 nitrogen and oxygen atoms in total. The summed E-state index contributed by atoms with van der Waals surface area (Å²) in [5.74, 6) is -0.349. The summed E-state index contributed by atoms with van der Waals surface area (Å²) in [7, 11) is 1.39. The minimum Gasteiger partial charge on any atom is -0.464 e. The molecule has 1 unspecified atom stereocenters. The zero-order chi connectivity index (χ0) is 12.3. The SMILES string of the molecule is CCC1CCCCN1c1nc(C(=O)OC)cs1. The van der Waals surface area contributed by atoms with Gasteiger partial charge in [-0.05, 0) is 25.7 Å². The molecule has 2 heterocycles. The lowest BCUT2D eigenvalue weighted by Crippen LogP contribution is -2.39. The van der Waals surface area contributed by atoms with Gasteiger partial charge in [0.15, 0.2) is 10.8 Å². The van der Waals surface area contributed by atoms with E-state index in [-0.39, 0.29) is 5.97 Å². The molecule has 0 aromatic carbocycles. The largest absolute Gasteiger partial charge is 0.464 e. The van der Waals surface area contributed by atoms with Gasteiger partial charge in [0.05, 0.1) is 7.11 Å². The van der Waals surface area contributed by atoms with Crippen molar-refractivity contribution >= 4 is 22.4 Å². The number of rotatable bonds is 3. The van der Waals surface area contributed by atoms with Gasteiger partial charge in [-0.2, -0.15) is 0 Å². The highest BCUT2D eigenvalue weighted by Gasteiger charge is 2.24. The number of anilines is 1. The molecule has 0 radical (unpaired) electrons. The summed E-state index contributed by atoms with van der Waals surface area (Å²) in [6.45, 7) is 3.25. The summed E-state index contributed by atoms with van der Waals surface area (Å²) in [6.07, 6.45) is 4.87. The molecule has 0 saturated carbocycles. The summed E-state index contributed by atoms with van der Waals surface area (Å²) in [5.41, 5.74) is 0.424. The number of carbonyl (C=O) groups is 1. The van der Waals surface area contributed by atoms with E-state index >= 15 is 0 Å². The van der Waals surface area contributed by atoms with Crippen LogP contribution in [-0.2, 0) is 4.74 Å². The van der Waals surface area contributed by atoms with Crippen molar-refractivity contribution in [3.8, 4) is 0 Å². The van der Waals surface area contributed by atoms with E-state index in [2.05, 4.69) is 21.5 Å². The molecule has 0 spiro atoms. The Kier molecular flexibility index (Phi) is 3.99. The molecule has 94 valence electrons. The van der Waals surface area contributed by atoms with Crippen molar-refractivity contribution in [3.05, 3.63) is 11.1 Å². The van der Waals surface area contributed by atoms with E-state index in [4.69, 9.17) is 0 Å². The lowest BCUT2D eigenvalue weighted by atomic mass is 10.0. The maximum Gasteiger partial charge on any atom is 0.357 e. The minimum absolute atomic E-state index is 0.349. The van der Waals surface area contributed by atoms with Gasteiger partial charge in [-0.1, -0.05) is 6.92 Å². The molecule has 1 fully saturated rings. The number of hydrogen-bond donors (Lipinski definition) is 0. The number of nitrogens with zero attached hydrogens (tertiary/aromatic N) is 2. The predicted octanol–water partition coefficient (Wildman–Crippen LogP) is 2.70. The highest BCUT2D eigenvalue weighted by Crippen LogP contribution is 2.29. The van der Waals surface area contributed by atoms with Gasteiger partial charge in [-0.25, -0.2) is 9.78 Å². The van der Waals surface area contributed by atoms with Crippen LogP contribution in [-0.4, -0.2) is 30.6 Å². The smallest absolute Gasteiger partial charge is 0.357 e. The third-order valence-electron chi connectivity index (χ3n) is 3.23. The van der Waals surface area contributed by atoms with E-state index in [1.165, 1.54) is 37.7 Å². The Morgan fingerprint density at radius 2 is 2.47 bits per heavy atom. The Morgan fingerprint density at radius 1 is 1.65 bits per heavy atom. The number of ether oxygens (including phenoxy) is 1. The van der Waals surface area contributed by atoms with E-state index in [1.54, 1.807) is 5.38 Å². The predicted molar refractivity (Wildman–Crippen MR) is 68.7 cm³/mol. The van der Waals surface area contributed by atoms with E-state index in [9.17, 15) is 4.79 Å². The van der Waals surface area contributed by atoms with Crippen LogP contribution < -0.4 is 4.90 Å². The highest BCUT2D eigenvalue weighted by molar-refractivity contribution is 7.13. The first-order valence-corrected chi connectivity index (χ1v) is 6.94. The summed E-state index contributed by atoms with van der Waals surface area (Å²) in [4.78, 5) is 18.1. The second kappa shape index (κ2) is 5.49. The Hall–Kier alpha value is -1.10. The van der Waals surface area contributed by atoms with Crippen LogP contribution >= 0.6 is 11.3 Å². The normalized spacial score (nSPS) is 20.4. The number of thiazole rings is 1. The van der Waals surface area contributed by atoms with Gasteiger partial charge in [0.2, 0.25) is 0 Å². The molecule has 1 aromatic rings. The van der Waals surface area contributed by atoms with Crippen molar-refractivity contribution in [1.82, 2.24) is 4.98 Å². The zero-order valence-corrected chi connectivity index (χ0v) is 11.1. The third kappa shape index (κ3) is 2.60. The van der Waals surface area contributed by atoms with Crippen LogP contribution in [0.5, 0.6) is 0 Å². The fourth-order valence-corrected chi connectivity index (χ4v) is 3.16. The maximum absolute atomic E-state index is 11.4. The van der Waals surface area contributed by atoms with Gasteiger partial charge >= 0.3 is 5.97 Å². The maximum atomic E-state index is 11.4. The molecule has 1 aromatic heterocycles. The van der Waals surface area contributed by atoms with Crippen LogP contribution in [0.1, 0.15) is 43.1 Å². The van der Waals surface area contributed by atoms with Crippen molar-refractivity contribution in [2.45, 2.75) is 38.6 Å². The molecule has 0 bridgehead atoms. The highest BCUT2D eigenvalue weighted by atomic mass is 32.1. The van der Waals surface area contributed by atoms with Crippen molar-refractivity contribution < 1.29 is 9.53 Å². The number of aromatic nitrogens is 1. The lowest BCUT2D eigenvalue weighted by Gasteiger charge is -2.34. The molecule has 0 amide bonds. The van der Waals surface area contributed by atoms with Crippen LogP contribution in [0.4, 0.5) is 5.13 Å². The van der Waals surface area contributed by atoms with Gasteiger partial charge in [0, 0.05) is 18.0 Å². The topological polar surface area (TPSA) is 42.4 Å². The van der Waals surface area contributed by atoms with Crippen LogP contribution in [0.3, 0.4) is 0 Å². The number of hydrogen-bond acceptors (Lipinski definition) is 5. The molecule has 1 atom stereocenters. The van der Waals surface area contributed by atoms with Gasteiger partial charge in [-0.15, -0.1) is 11.3 Å². The van der Waals surface area contributed by atoms with Crippen LogP contribution in [0, 0.1) is 0 Å². The van der Waals surface area contributed by atoms with E-state index < -0.39 is 0 Å². The lowest BCUT2D eigenvalue weighted by molar-refractivity contribution is 0.0595. The second-order valence-corrected chi connectivity index (χ2v) is 5.09. The fraction of sp³-hybridized carbons (Fsp3) is 0.667. The average Bonchev–Trinajstić information content (AvgIpc) is 2.87. The van der Waals surface area contributed by atoms with Crippen LogP contribution in [0.15, 0.2) is 5.38 Å². The first-order chi connectivity index (χ1) is 8.26. The Bertz CT molecular complexity index is 392. The molecule has 1 aliphatic rings. The summed E-state index contributed by atoms with van der Waals surface area (Å²) >= 11 is 1.53. The van der Waals surface area contributed by atoms with Gasteiger partial charge in [0.1, 0.15) is 0 Å². The molecule has 5 heteroatoms. The number of esters is 1. The van der Waals surface area contributed by atoms with Crippen molar-refractivity contribution in [1.29, 1.82) is 0 Å². The van der Waals surface area contributed by atoms with Crippen LogP contribution in [0.2, 0.25) is 0 Å². The molecule has 2 rings (SSSR count). The molecule has 1 saturated heterocycles. The second-order valence-electron chi connectivity index (χ2n) is 4.26. The summed E-state index contributed by atoms with van der Waals surface area (Å²) < 4.78 is 4.68. The first kappa shape index (κ1) is 12.4. The monoisotopic (exact) mass is 254 g/mol. The van der Waals surface area contributed by atoms with E-state index in [1.807, 2.05) is 0 Å². The average molecular weight is 254 g/mol.